The third-order valence-electron chi connectivity index (χ3n) is 3.22. The molecular weight excluding hydrogens is 212 g/mol. The van der Waals surface area contributed by atoms with E-state index < -0.39 is 0 Å². The van der Waals surface area contributed by atoms with Gasteiger partial charge in [-0.3, -0.25) is 4.79 Å². The molecule has 0 aromatic heterocycles. The maximum absolute atomic E-state index is 11.6. The fourth-order valence-corrected chi connectivity index (χ4v) is 1.80. The van der Waals surface area contributed by atoms with Crippen LogP contribution in [-0.4, -0.2) is 12.4 Å². The van der Waals surface area contributed by atoms with Gasteiger partial charge in [0.25, 0.3) is 0 Å². The van der Waals surface area contributed by atoms with Gasteiger partial charge in [0.05, 0.1) is 12.2 Å². The molecule has 92 valence electrons. The van der Waals surface area contributed by atoms with E-state index in [4.69, 9.17) is 4.74 Å². The lowest BCUT2D eigenvalue weighted by molar-refractivity contribution is 0.101. The van der Waals surface area contributed by atoms with Crippen LogP contribution in [0, 0.1) is 5.92 Å². The normalized spacial score (nSPS) is 15.1. The predicted octanol–water partition coefficient (Wildman–Crippen LogP) is 3.80. The smallest absolute Gasteiger partial charge is 0.163 e. The molecule has 0 amide bonds. The van der Waals surface area contributed by atoms with E-state index in [-0.39, 0.29) is 5.78 Å². The summed E-state index contributed by atoms with van der Waals surface area (Å²) in [5, 5.41) is 0. The molecule has 0 spiro atoms. The summed E-state index contributed by atoms with van der Waals surface area (Å²) in [5.41, 5.74) is 1.91. The van der Waals surface area contributed by atoms with E-state index in [1.807, 2.05) is 12.1 Å². The second-order valence-electron chi connectivity index (χ2n) is 5.22. The van der Waals surface area contributed by atoms with E-state index in [1.54, 1.807) is 6.92 Å². The van der Waals surface area contributed by atoms with Gasteiger partial charge in [0, 0.05) is 0 Å². The second kappa shape index (κ2) is 4.91. The average Bonchev–Trinajstić information content (AvgIpc) is 3.09. The first kappa shape index (κ1) is 12.2. The van der Waals surface area contributed by atoms with Crippen molar-refractivity contribution >= 4 is 5.78 Å². The fourth-order valence-electron chi connectivity index (χ4n) is 1.80. The van der Waals surface area contributed by atoms with Crippen LogP contribution in [0.5, 0.6) is 5.75 Å². The zero-order chi connectivity index (χ0) is 12.4. The molecule has 0 bridgehead atoms. The predicted molar refractivity (Wildman–Crippen MR) is 68.8 cm³/mol. The van der Waals surface area contributed by atoms with Gasteiger partial charge in [0.2, 0.25) is 0 Å². The first-order chi connectivity index (χ1) is 8.08. The molecule has 1 aromatic rings. The van der Waals surface area contributed by atoms with Gasteiger partial charge >= 0.3 is 0 Å². The Morgan fingerprint density at radius 1 is 1.41 bits per heavy atom. The molecule has 1 aliphatic carbocycles. The van der Waals surface area contributed by atoms with Gasteiger partial charge in [-0.2, -0.15) is 0 Å². The Morgan fingerprint density at radius 3 is 2.65 bits per heavy atom. The lowest BCUT2D eigenvalue weighted by Gasteiger charge is -2.12. The van der Waals surface area contributed by atoms with Gasteiger partial charge < -0.3 is 4.74 Å². The fraction of sp³-hybridized carbons (Fsp3) is 0.533. The van der Waals surface area contributed by atoms with Crippen LogP contribution in [0.3, 0.4) is 0 Å². The molecule has 0 atom stereocenters. The van der Waals surface area contributed by atoms with Crippen molar-refractivity contribution in [3.63, 3.8) is 0 Å². The van der Waals surface area contributed by atoms with Crippen LogP contribution < -0.4 is 4.74 Å². The Labute approximate surface area is 103 Å². The van der Waals surface area contributed by atoms with Gasteiger partial charge in [-0.25, -0.2) is 0 Å². The lowest BCUT2D eigenvalue weighted by Crippen LogP contribution is -2.05. The first-order valence-corrected chi connectivity index (χ1v) is 6.35. The summed E-state index contributed by atoms with van der Waals surface area (Å²) in [5.74, 6) is 1.97. The van der Waals surface area contributed by atoms with Gasteiger partial charge in [0.1, 0.15) is 5.75 Å². The number of hydrogen-bond donors (Lipinski definition) is 0. The number of carbonyl (C=O) groups is 1. The van der Waals surface area contributed by atoms with Crippen molar-refractivity contribution in [3.8, 4) is 5.75 Å². The molecule has 2 nitrogen and oxygen atoms in total. The molecule has 1 aliphatic rings. The summed E-state index contributed by atoms with van der Waals surface area (Å²) in [6.45, 7) is 6.61. The standard InChI is InChI=1S/C15H20O2/c1-10(2)13-6-7-15(14(8-13)11(3)16)17-9-12-4-5-12/h6-8,10,12H,4-5,9H2,1-3H3. The Kier molecular flexibility index (Phi) is 3.51. The van der Waals surface area contributed by atoms with Crippen molar-refractivity contribution in [3.05, 3.63) is 29.3 Å². The van der Waals surface area contributed by atoms with Gasteiger partial charge in [0.15, 0.2) is 5.78 Å². The van der Waals surface area contributed by atoms with Crippen molar-refractivity contribution in [2.45, 2.75) is 39.5 Å². The van der Waals surface area contributed by atoms with E-state index in [2.05, 4.69) is 19.9 Å². The van der Waals surface area contributed by atoms with E-state index in [0.29, 0.717) is 11.8 Å². The summed E-state index contributed by atoms with van der Waals surface area (Å²) in [4.78, 5) is 11.6. The summed E-state index contributed by atoms with van der Waals surface area (Å²) in [7, 11) is 0. The molecular formula is C15H20O2. The highest BCUT2D eigenvalue weighted by molar-refractivity contribution is 5.97. The van der Waals surface area contributed by atoms with E-state index in [0.717, 1.165) is 17.9 Å². The van der Waals surface area contributed by atoms with Crippen molar-refractivity contribution in [1.29, 1.82) is 0 Å². The van der Waals surface area contributed by atoms with E-state index in [1.165, 1.54) is 18.4 Å². The molecule has 0 aliphatic heterocycles. The molecule has 0 radical (unpaired) electrons. The highest BCUT2D eigenvalue weighted by Crippen LogP contribution is 2.31. The van der Waals surface area contributed by atoms with Crippen molar-refractivity contribution in [2.24, 2.45) is 5.92 Å². The zero-order valence-electron chi connectivity index (χ0n) is 10.8. The summed E-state index contributed by atoms with van der Waals surface area (Å²) in [6.07, 6.45) is 2.53. The number of rotatable bonds is 5. The Morgan fingerprint density at radius 2 is 2.12 bits per heavy atom. The minimum Gasteiger partial charge on any atom is -0.493 e. The first-order valence-electron chi connectivity index (χ1n) is 6.35. The molecule has 2 heteroatoms. The number of benzene rings is 1. The van der Waals surface area contributed by atoms with Gasteiger partial charge in [-0.05, 0) is 49.3 Å². The molecule has 0 saturated heterocycles. The minimum atomic E-state index is 0.0818. The van der Waals surface area contributed by atoms with Crippen LogP contribution in [0.15, 0.2) is 18.2 Å². The number of carbonyl (C=O) groups excluding carboxylic acids is 1. The second-order valence-corrected chi connectivity index (χ2v) is 5.22. The Bertz CT molecular complexity index is 417. The number of ether oxygens (including phenoxy) is 1. The van der Waals surface area contributed by atoms with Crippen LogP contribution in [-0.2, 0) is 0 Å². The van der Waals surface area contributed by atoms with Crippen LogP contribution >= 0.6 is 0 Å². The third kappa shape index (κ3) is 3.09. The minimum absolute atomic E-state index is 0.0818. The molecule has 1 fully saturated rings. The SMILES string of the molecule is CC(=O)c1cc(C(C)C)ccc1OCC1CC1. The van der Waals surface area contributed by atoms with Crippen molar-refractivity contribution in [1.82, 2.24) is 0 Å². The maximum atomic E-state index is 11.6. The number of Topliss-reactive ketones (excluding diaryl/α,β-unsaturated/α-hetero) is 1. The van der Waals surface area contributed by atoms with Crippen LogP contribution in [0.25, 0.3) is 0 Å². The third-order valence-corrected chi connectivity index (χ3v) is 3.22. The average molecular weight is 232 g/mol. The molecule has 0 heterocycles. The van der Waals surface area contributed by atoms with E-state index >= 15 is 0 Å². The number of ketones is 1. The molecule has 17 heavy (non-hydrogen) atoms. The molecule has 1 aromatic carbocycles. The van der Waals surface area contributed by atoms with Gasteiger partial charge in [-0.1, -0.05) is 19.9 Å². The monoisotopic (exact) mass is 232 g/mol. The van der Waals surface area contributed by atoms with Crippen LogP contribution in [0.4, 0.5) is 0 Å². The zero-order valence-corrected chi connectivity index (χ0v) is 10.8. The molecule has 0 unspecified atom stereocenters. The summed E-state index contributed by atoms with van der Waals surface area (Å²) in [6, 6.07) is 5.96. The Balaban J connectivity index is 2.20. The molecule has 0 N–H and O–H groups in total. The van der Waals surface area contributed by atoms with E-state index in [9.17, 15) is 4.79 Å². The van der Waals surface area contributed by atoms with Gasteiger partial charge in [-0.15, -0.1) is 0 Å². The summed E-state index contributed by atoms with van der Waals surface area (Å²) < 4.78 is 5.74. The highest BCUT2D eigenvalue weighted by atomic mass is 16.5. The van der Waals surface area contributed by atoms with Crippen LogP contribution in [0.2, 0.25) is 0 Å². The quantitative estimate of drug-likeness (QED) is 0.722. The summed E-state index contributed by atoms with van der Waals surface area (Å²) >= 11 is 0. The lowest BCUT2D eigenvalue weighted by atomic mass is 9.99. The topological polar surface area (TPSA) is 26.3 Å². The van der Waals surface area contributed by atoms with Crippen molar-refractivity contribution < 1.29 is 9.53 Å². The van der Waals surface area contributed by atoms with Crippen molar-refractivity contribution in [2.75, 3.05) is 6.61 Å². The highest BCUT2D eigenvalue weighted by Gasteiger charge is 2.22. The molecule has 1 saturated carbocycles. The molecule has 2 rings (SSSR count). The van der Waals surface area contributed by atoms with Crippen LogP contribution in [0.1, 0.15) is 55.5 Å². The Hall–Kier alpha value is -1.31. The largest absolute Gasteiger partial charge is 0.493 e. The maximum Gasteiger partial charge on any atom is 0.163 e. The number of hydrogen-bond acceptors (Lipinski definition) is 2.